The topological polar surface area (TPSA) is 46.4 Å². The van der Waals surface area contributed by atoms with Crippen LogP contribution in [0.25, 0.3) is 0 Å². The molecule has 0 spiro atoms. The van der Waals surface area contributed by atoms with Crippen LogP contribution in [0.5, 0.6) is 0 Å². The van der Waals surface area contributed by atoms with Gasteiger partial charge in [-0.05, 0) is 14.0 Å². The number of likely N-dealkylation sites (N-methyl/N-ethyl adjacent to an activating group) is 1. The zero-order chi connectivity index (χ0) is 13.2. The molecule has 0 aromatic carbocycles. The molecule has 0 saturated carbocycles. The number of hydrogen-bond donors (Lipinski definition) is 0. The van der Waals surface area contributed by atoms with Gasteiger partial charge in [0.05, 0.1) is 19.8 Å². The molecule has 19 heavy (non-hydrogen) atoms. The maximum absolute atomic E-state index is 5.76. The molecule has 2 bridgehead atoms. The fraction of sp³-hybridized carbons (Fsp3) is 0.846. The van der Waals surface area contributed by atoms with Crippen molar-refractivity contribution >= 4 is 0 Å². The molecular formula is C13H23N5O. The highest BCUT2D eigenvalue weighted by Crippen LogP contribution is 2.19. The van der Waals surface area contributed by atoms with Crippen molar-refractivity contribution in [3.05, 3.63) is 12.2 Å². The van der Waals surface area contributed by atoms with Crippen LogP contribution in [0.2, 0.25) is 0 Å². The number of aromatic nitrogens is 3. The Labute approximate surface area is 114 Å². The molecule has 1 aromatic rings. The molecule has 3 heterocycles. The second-order valence-electron chi connectivity index (χ2n) is 5.68. The first-order chi connectivity index (χ1) is 9.26. The van der Waals surface area contributed by atoms with Crippen LogP contribution in [0.1, 0.15) is 12.7 Å². The Kier molecular flexibility index (Phi) is 3.81. The molecule has 0 aliphatic carbocycles. The van der Waals surface area contributed by atoms with E-state index in [0.29, 0.717) is 12.0 Å². The zero-order valence-corrected chi connectivity index (χ0v) is 11.8. The fourth-order valence-corrected chi connectivity index (χ4v) is 3.15. The summed E-state index contributed by atoms with van der Waals surface area (Å²) in [5.74, 6) is 1.68. The number of rotatable bonds is 3. The van der Waals surface area contributed by atoms with Gasteiger partial charge in [-0.3, -0.25) is 9.80 Å². The third-order valence-electron chi connectivity index (χ3n) is 4.18. The smallest absolute Gasteiger partial charge is 0.140 e. The van der Waals surface area contributed by atoms with E-state index < -0.39 is 0 Å². The third-order valence-corrected chi connectivity index (χ3v) is 4.18. The summed E-state index contributed by atoms with van der Waals surface area (Å²) in [6, 6.07) is 0.505. The van der Waals surface area contributed by atoms with Crippen molar-refractivity contribution in [2.24, 2.45) is 5.92 Å². The van der Waals surface area contributed by atoms with Crippen LogP contribution in [0, 0.1) is 5.92 Å². The van der Waals surface area contributed by atoms with Crippen molar-refractivity contribution in [3.63, 3.8) is 0 Å². The van der Waals surface area contributed by atoms with Crippen LogP contribution < -0.4 is 0 Å². The molecule has 6 heteroatoms. The lowest BCUT2D eigenvalue weighted by atomic mass is 10.1. The van der Waals surface area contributed by atoms with Crippen molar-refractivity contribution in [1.29, 1.82) is 0 Å². The van der Waals surface area contributed by atoms with Crippen molar-refractivity contribution < 1.29 is 4.74 Å². The van der Waals surface area contributed by atoms with E-state index in [2.05, 4.69) is 33.9 Å². The lowest BCUT2D eigenvalue weighted by Gasteiger charge is -2.29. The van der Waals surface area contributed by atoms with E-state index in [1.165, 1.54) is 0 Å². The standard InChI is InChI=1S/C13H23N5O/c1-3-18-13(14-10-15-18)7-17-5-11-4-16(2)12(6-17)9-19-8-11/h10-12H,3-9H2,1-2H3/t11-,12+/m1/s1. The minimum absolute atomic E-state index is 0.505. The summed E-state index contributed by atoms with van der Waals surface area (Å²) in [5.41, 5.74) is 0. The van der Waals surface area contributed by atoms with Gasteiger partial charge >= 0.3 is 0 Å². The van der Waals surface area contributed by atoms with E-state index in [9.17, 15) is 0 Å². The van der Waals surface area contributed by atoms with Gasteiger partial charge in [-0.1, -0.05) is 0 Å². The van der Waals surface area contributed by atoms with Gasteiger partial charge in [-0.25, -0.2) is 9.67 Å². The molecule has 6 nitrogen and oxygen atoms in total. The molecule has 0 amide bonds. The average Bonchev–Trinajstić information content (AvgIpc) is 2.67. The first kappa shape index (κ1) is 13.0. The highest BCUT2D eigenvalue weighted by atomic mass is 16.5. The Bertz CT molecular complexity index is 421. The quantitative estimate of drug-likeness (QED) is 0.773. The number of hydrogen-bond acceptors (Lipinski definition) is 5. The van der Waals surface area contributed by atoms with Gasteiger partial charge in [0.25, 0.3) is 0 Å². The van der Waals surface area contributed by atoms with Crippen LogP contribution in [0.15, 0.2) is 6.33 Å². The zero-order valence-electron chi connectivity index (χ0n) is 11.8. The van der Waals surface area contributed by atoms with Crippen LogP contribution in [0.4, 0.5) is 0 Å². The Balaban J connectivity index is 1.71. The second-order valence-corrected chi connectivity index (χ2v) is 5.68. The summed E-state index contributed by atoms with van der Waals surface area (Å²) < 4.78 is 7.75. The number of fused-ring (bicyclic) bond motifs is 3. The third kappa shape index (κ3) is 2.80. The molecule has 0 radical (unpaired) electrons. The van der Waals surface area contributed by atoms with Gasteiger partial charge in [-0.15, -0.1) is 0 Å². The fourth-order valence-electron chi connectivity index (χ4n) is 3.15. The van der Waals surface area contributed by atoms with Gasteiger partial charge in [0.1, 0.15) is 12.2 Å². The van der Waals surface area contributed by atoms with E-state index >= 15 is 0 Å². The van der Waals surface area contributed by atoms with E-state index in [0.717, 1.165) is 51.8 Å². The van der Waals surface area contributed by atoms with Gasteiger partial charge < -0.3 is 4.74 Å². The summed E-state index contributed by atoms with van der Waals surface area (Å²) in [6.07, 6.45) is 1.66. The Morgan fingerprint density at radius 1 is 1.32 bits per heavy atom. The molecule has 2 atom stereocenters. The molecule has 1 aromatic heterocycles. The highest BCUT2D eigenvalue weighted by molar-refractivity contribution is 4.90. The van der Waals surface area contributed by atoms with Crippen LogP contribution >= 0.6 is 0 Å². The van der Waals surface area contributed by atoms with Gasteiger partial charge in [0.2, 0.25) is 0 Å². The molecule has 0 unspecified atom stereocenters. The van der Waals surface area contributed by atoms with E-state index in [1.54, 1.807) is 6.33 Å². The lowest BCUT2D eigenvalue weighted by molar-refractivity contribution is 0.0504. The normalized spacial score (nSPS) is 29.4. The monoisotopic (exact) mass is 265 g/mol. The van der Waals surface area contributed by atoms with E-state index in [-0.39, 0.29) is 0 Å². The summed E-state index contributed by atoms with van der Waals surface area (Å²) in [6.45, 7) is 8.93. The number of ether oxygens (including phenoxy) is 1. The van der Waals surface area contributed by atoms with E-state index in [1.807, 2.05) is 4.68 Å². The Morgan fingerprint density at radius 2 is 2.21 bits per heavy atom. The molecule has 3 rings (SSSR count). The predicted molar refractivity (Wildman–Crippen MR) is 71.7 cm³/mol. The minimum atomic E-state index is 0.505. The van der Waals surface area contributed by atoms with Crippen molar-refractivity contribution in [2.45, 2.75) is 26.1 Å². The highest BCUT2D eigenvalue weighted by Gasteiger charge is 2.31. The largest absolute Gasteiger partial charge is 0.379 e. The van der Waals surface area contributed by atoms with Crippen molar-refractivity contribution in [1.82, 2.24) is 24.6 Å². The summed E-state index contributed by atoms with van der Waals surface area (Å²) in [7, 11) is 2.21. The predicted octanol–water partition coefficient (Wildman–Crippen LogP) is 0.0604. The minimum Gasteiger partial charge on any atom is -0.379 e. The second kappa shape index (κ2) is 5.56. The maximum atomic E-state index is 5.76. The first-order valence-electron chi connectivity index (χ1n) is 7.13. The van der Waals surface area contributed by atoms with Crippen LogP contribution in [0.3, 0.4) is 0 Å². The van der Waals surface area contributed by atoms with E-state index in [4.69, 9.17) is 4.74 Å². The van der Waals surface area contributed by atoms with Crippen molar-refractivity contribution in [2.75, 3.05) is 39.9 Å². The van der Waals surface area contributed by atoms with Crippen LogP contribution in [-0.4, -0.2) is 70.5 Å². The molecule has 2 aliphatic heterocycles. The maximum Gasteiger partial charge on any atom is 0.140 e. The van der Waals surface area contributed by atoms with Gasteiger partial charge in [-0.2, -0.15) is 5.10 Å². The first-order valence-corrected chi connectivity index (χ1v) is 7.13. The van der Waals surface area contributed by atoms with Crippen LogP contribution in [-0.2, 0) is 17.8 Å². The number of nitrogens with zero attached hydrogens (tertiary/aromatic N) is 5. The Hall–Kier alpha value is -0.980. The average molecular weight is 265 g/mol. The summed E-state index contributed by atoms with van der Waals surface area (Å²) in [4.78, 5) is 9.35. The molecule has 106 valence electrons. The summed E-state index contributed by atoms with van der Waals surface area (Å²) >= 11 is 0. The summed E-state index contributed by atoms with van der Waals surface area (Å²) in [5, 5.41) is 4.25. The Morgan fingerprint density at radius 3 is 3.05 bits per heavy atom. The van der Waals surface area contributed by atoms with Gasteiger partial charge in [0, 0.05) is 38.1 Å². The lowest BCUT2D eigenvalue weighted by Crippen LogP contribution is -2.42. The van der Waals surface area contributed by atoms with Crippen molar-refractivity contribution in [3.8, 4) is 0 Å². The SMILES string of the molecule is CCn1ncnc1CN1C[C@@H]2COC[C@H](C1)N(C)C2. The molecular weight excluding hydrogens is 242 g/mol. The molecule has 2 fully saturated rings. The molecule has 2 aliphatic rings. The molecule has 2 saturated heterocycles. The number of aryl methyl sites for hydroxylation is 1. The van der Waals surface area contributed by atoms with Gasteiger partial charge in [0.15, 0.2) is 0 Å². The molecule has 0 N–H and O–H groups in total.